The summed E-state index contributed by atoms with van der Waals surface area (Å²) in [4.78, 5) is 33.9. The molecule has 1 saturated carbocycles. The minimum absolute atomic E-state index is 0.0588. The maximum Gasteiger partial charge on any atom is 0.323 e. The van der Waals surface area contributed by atoms with Gasteiger partial charge in [0.1, 0.15) is 5.75 Å². The van der Waals surface area contributed by atoms with Gasteiger partial charge in [0.15, 0.2) is 5.13 Å². The summed E-state index contributed by atoms with van der Waals surface area (Å²) in [6.07, 6.45) is 1.47. The average molecular weight is 573 g/mol. The van der Waals surface area contributed by atoms with E-state index in [0.29, 0.717) is 57.2 Å². The SMILES string of the molecule is COc1ccccc1CNC(=O)CC1c2nc(NC(=O)N3CCOCC3)sc2CC2C(C)(CO)C(O)CCC12C. The Bertz CT molecular complexity index is 1230. The number of benzene rings is 1. The van der Waals surface area contributed by atoms with Gasteiger partial charge >= 0.3 is 6.03 Å². The minimum Gasteiger partial charge on any atom is -0.496 e. The van der Waals surface area contributed by atoms with Gasteiger partial charge in [-0.1, -0.05) is 32.0 Å². The molecule has 218 valence electrons. The van der Waals surface area contributed by atoms with E-state index in [1.54, 1.807) is 12.0 Å². The molecule has 10 nitrogen and oxygen atoms in total. The van der Waals surface area contributed by atoms with Crippen molar-refractivity contribution in [2.45, 2.75) is 58.1 Å². The van der Waals surface area contributed by atoms with Crippen molar-refractivity contribution in [2.75, 3.05) is 45.3 Å². The zero-order valence-corrected chi connectivity index (χ0v) is 24.3. The van der Waals surface area contributed by atoms with E-state index in [1.165, 1.54) is 11.3 Å². The second kappa shape index (κ2) is 11.6. The molecule has 40 heavy (non-hydrogen) atoms. The summed E-state index contributed by atoms with van der Waals surface area (Å²) in [6.45, 7) is 6.39. The van der Waals surface area contributed by atoms with Crippen molar-refractivity contribution < 1.29 is 29.3 Å². The first kappa shape index (κ1) is 28.8. The molecule has 1 aromatic heterocycles. The minimum atomic E-state index is -0.710. The quantitative estimate of drug-likeness (QED) is 0.401. The summed E-state index contributed by atoms with van der Waals surface area (Å²) in [6, 6.07) is 7.38. The number of amides is 3. The smallest absolute Gasteiger partial charge is 0.323 e. The van der Waals surface area contributed by atoms with Gasteiger partial charge in [-0.2, -0.15) is 0 Å². The second-order valence-corrected chi connectivity index (χ2v) is 12.8. The molecule has 0 bridgehead atoms. The van der Waals surface area contributed by atoms with Crippen LogP contribution in [0, 0.1) is 16.7 Å². The molecule has 5 atom stereocenters. The average Bonchev–Trinajstić information content (AvgIpc) is 3.37. The fraction of sp³-hybridized carbons (Fsp3) is 0.621. The van der Waals surface area contributed by atoms with Crippen LogP contribution in [0.2, 0.25) is 0 Å². The molecule has 1 aromatic carbocycles. The first-order valence-corrected chi connectivity index (χ1v) is 14.8. The molecule has 1 aliphatic heterocycles. The lowest BCUT2D eigenvalue weighted by Gasteiger charge is -2.58. The van der Waals surface area contributed by atoms with Gasteiger partial charge in [0, 0.05) is 47.8 Å². The van der Waals surface area contributed by atoms with Crippen molar-refractivity contribution in [3.8, 4) is 5.75 Å². The number of anilines is 1. The highest BCUT2D eigenvalue weighted by atomic mass is 32.1. The van der Waals surface area contributed by atoms with Crippen LogP contribution in [0.1, 0.15) is 55.2 Å². The summed E-state index contributed by atoms with van der Waals surface area (Å²) < 4.78 is 10.8. The van der Waals surface area contributed by atoms with Crippen LogP contribution in [-0.2, 0) is 22.5 Å². The summed E-state index contributed by atoms with van der Waals surface area (Å²) >= 11 is 1.43. The van der Waals surface area contributed by atoms with Crippen molar-refractivity contribution in [3.05, 3.63) is 40.4 Å². The van der Waals surface area contributed by atoms with Crippen LogP contribution in [0.4, 0.5) is 9.93 Å². The third kappa shape index (κ3) is 5.32. The predicted molar refractivity (Wildman–Crippen MR) is 151 cm³/mol. The molecule has 2 aliphatic carbocycles. The van der Waals surface area contributed by atoms with Crippen LogP contribution in [0.5, 0.6) is 5.75 Å². The molecule has 1 saturated heterocycles. The van der Waals surface area contributed by atoms with Gasteiger partial charge in [-0.25, -0.2) is 9.78 Å². The number of hydrogen-bond acceptors (Lipinski definition) is 8. The highest BCUT2D eigenvalue weighted by Crippen LogP contribution is 2.62. The fourth-order valence-electron chi connectivity index (χ4n) is 6.94. The highest BCUT2D eigenvalue weighted by molar-refractivity contribution is 7.15. The molecule has 0 spiro atoms. The van der Waals surface area contributed by atoms with Crippen molar-refractivity contribution in [1.82, 2.24) is 15.2 Å². The lowest BCUT2D eigenvalue weighted by molar-refractivity contribution is -0.144. The number of aliphatic hydroxyl groups excluding tert-OH is 2. The van der Waals surface area contributed by atoms with Crippen LogP contribution in [0.15, 0.2) is 24.3 Å². The Morgan fingerprint density at radius 2 is 2.00 bits per heavy atom. The molecule has 5 rings (SSSR count). The van der Waals surface area contributed by atoms with E-state index in [1.807, 2.05) is 31.2 Å². The van der Waals surface area contributed by atoms with Gasteiger partial charge < -0.3 is 29.9 Å². The molecule has 5 unspecified atom stereocenters. The summed E-state index contributed by atoms with van der Waals surface area (Å²) in [5, 5.41) is 28.0. The van der Waals surface area contributed by atoms with Gasteiger partial charge in [-0.05, 0) is 36.7 Å². The molecule has 11 heteroatoms. The number of rotatable bonds is 7. The highest BCUT2D eigenvalue weighted by Gasteiger charge is 2.59. The third-order valence-corrected chi connectivity index (χ3v) is 10.5. The van der Waals surface area contributed by atoms with E-state index in [2.05, 4.69) is 17.6 Å². The Morgan fingerprint density at radius 3 is 2.73 bits per heavy atom. The number of aliphatic hydroxyl groups is 2. The van der Waals surface area contributed by atoms with Crippen molar-refractivity contribution >= 4 is 28.4 Å². The molecule has 0 radical (unpaired) electrons. The number of fused-ring (bicyclic) bond motifs is 2. The number of nitrogens with zero attached hydrogens (tertiary/aromatic N) is 2. The molecular weight excluding hydrogens is 532 g/mol. The van der Waals surface area contributed by atoms with E-state index in [9.17, 15) is 19.8 Å². The van der Waals surface area contributed by atoms with Gasteiger partial charge in [0.05, 0.1) is 38.7 Å². The Kier molecular flexibility index (Phi) is 8.37. The number of nitrogens with one attached hydrogen (secondary N) is 2. The number of thiazole rings is 1. The van der Waals surface area contributed by atoms with E-state index in [0.717, 1.165) is 21.9 Å². The Labute approximate surface area is 239 Å². The monoisotopic (exact) mass is 572 g/mol. The van der Waals surface area contributed by atoms with Gasteiger partial charge in [-0.3, -0.25) is 10.1 Å². The van der Waals surface area contributed by atoms with E-state index in [-0.39, 0.29) is 42.2 Å². The lowest BCUT2D eigenvalue weighted by atomic mass is 9.47. The Hall–Kier alpha value is -2.73. The number of carbonyl (C=O) groups excluding carboxylic acids is 2. The van der Waals surface area contributed by atoms with E-state index >= 15 is 0 Å². The zero-order valence-electron chi connectivity index (χ0n) is 23.4. The normalized spacial score (nSPS) is 29.7. The van der Waals surface area contributed by atoms with Gasteiger partial charge in [0.2, 0.25) is 5.91 Å². The molecule has 3 amide bonds. The van der Waals surface area contributed by atoms with Crippen LogP contribution >= 0.6 is 11.3 Å². The maximum absolute atomic E-state index is 13.4. The number of carbonyl (C=O) groups is 2. The Morgan fingerprint density at radius 1 is 1.25 bits per heavy atom. The summed E-state index contributed by atoms with van der Waals surface area (Å²) in [5.41, 5.74) is 0.649. The largest absolute Gasteiger partial charge is 0.496 e. The van der Waals surface area contributed by atoms with Crippen LogP contribution < -0.4 is 15.4 Å². The molecule has 4 N–H and O–H groups in total. The van der Waals surface area contributed by atoms with Crippen LogP contribution in [0.3, 0.4) is 0 Å². The number of hydrogen-bond donors (Lipinski definition) is 4. The molecule has 3 aliphatic rings. The van der Waals surface area contributed by atoms with Crippen LogP contribution in [-0.4, -0.2) is 78.2 Å². The number of ether oxygens (including phenoxy) is 2. The Balaban J connectivity index is 1.42. The first-order valence-electron chi connectivity index (χ1n) is 14.0. The van der Waals surface area contributed by atoms with Gasteiger partial charge in [-0.15, -0.1) is 11.3 Å². The fourth-order valence-corrected chi connectivity index (χ4v) is 7.99. The second-order valence-electron chi connectivity index (χ2n) is 11.7. The number of para-hydroxylation sites is 1. The van der Waals surface area contributed by atoms with Crippen molar-refractivity contribution in [3.63, 3.8) is 0 Å². The summed E-state index contributed by atoms with van der Waals surface area (Å²) in [7, 11) is 1.61. The topological polar surface area (TPSA) is 133 Å². The third-order valence-electron chi connectivity index (χ3n) is 9.46. The number of aromatic nitrogens is 1. The summed E-state index contributed by atoms with van der Waals surface area (Å²) in [5.74, 6) is 0.321. The molecule has 2 heterocycles. The van der Waals surface area contributed by atoms with Crippen LogP contribution in [0.25, 0.3) is 0 Å². The van der Waals surface area contributed by atoms with Crippen molar-refractivity contribution in [2.24, 2.45) is 16.7 Å². The molecule has 2 aromatic rings. The first-order chi connectivity index (χ1) is 19.2. The standard InChI is InChI=1S/C29H40N4O6S/c1-28-9-8-23(35)29(2,17-34)22(28)15-21-25(31-26(40-21)32-27(37)33-10-12-39-13-11-33)19(28)14-24(36)30-16-18-6-4-5-7-20(18)38-3/h4-7,19,22-23,34-35H,8-17H2,1-3H3,(H,30,36)(H,31,32,37). The maximum atomic E-state index is 13.4. The van der Waals surface area contributed by atoms with Crippen molar-refractivity contribution in [1.29, 1.82) is 0 Å². The van der Waals surface area contributed by atoms with E-state index < -0.39 is 11.5 Å². The zero-order chi connectivity index (χ0) is 28.5. The van der Waals surface area contributed by atoms with Gasteiger partial charge in [0.25, 0.3) is 0 Å². The molecule has 2 fully saturated rings. The number of methoxy groups -OCH3 is 1. The van der Waals surface area contributed by atoms with E-state index in [4.69, 9.17) is 14.5 Å². The lowest BCUT2D eigenvalue weighted by Crippen LogP contribution is -2.57. The number of morpholine rings is 1. The molecular formula is C29H40N4O6S. The predicted octanol–water partition coefficient (Wildman–Crippen LogP) is 3.14. The number of urea groups is 1.